The SMILES string of the molecule is CCCc1nc2c(c(=O)n1C(c1ccccc1)c1ccccc1)CN(Cc1ccc(C(F)(F)F)cc1)CC2. The fraction of sp³-hybridized carbons (Fsp3) is 0.290. The lowest BCUT2D eigenvalue weighted by atomic mass is 9.97. The van der Waals surface area contributed by atoms with E-state index >= 15 is 0 Å². The minimum Gasteiger partial charge on any atom is -0.294 e. The first-order chi connectivity index (χ1) is 18.3. The molecule has 1 aliphatic heterocycles. The second-order valence-corrected chi connectivity index (χ2v) is 9.76. The van der Waals surface area contributed by atoms with Crippen LogP contribution in [0.3, 0.4) is 0 Å². The summed E-state index contributed by atoms with van der Waals surface area (Å²) in [6.07, 6.45) is -2.18. The number of aromatic nitrogens is 2. The van der Waals surface area contributed by atoms with Crippen LogP contribution in [0.5, 0.6) is 0 Å². The fourth-order valence-electron chi connectivity index (χ4n) is 5.22. The first-order valence-electron chi connectivity index (χ1n) is 13.0. The van der Waals surface area contributed by atoms with Crippen LogP contribution in [-0.2, 0) is 32.1 Å². The van der Waals surface area contributed by atoms with E-state index in [1.165, 1.54) is 12.1 Å². The summed E-state index contributed by atoms with van der Waals surface area (Å²) in [6.45, 7) is 3.65. The summed E-state index contributed by atoms with van der Waals surface area (Å²) >= 11 is 0. The number of hydrogen-bond acceptors (Lipinski definition) is 3. The third-order valence-electron chi connectivity index (χ3n) is 7.06. The van der Waals surface area contributed by atoms with Crippen LogP contribution in [0, 0.1) is 0 Å². The molecule has 0 amide bonds. The number of hydrogen-bond donors (Lipinski definition) is 0. The Bertz CT molecular complexity index is 1390. The molecule has 1 aromatic heterocycles. The van der Waals surface area contributed by atoms with Gasteiger partial charge in [-0.3, -0.25) is 14.3 Å². The Morgan fingerprint density at radius 3 is 2.05 bits per heavy atom. The number of nitrogens with zero attached hydrogens (tertiary/aromatic N) is 3. The van der Waals surface area contributed by atoms with E-state index in [-0.39, 0.29) is 11.6 Å². The lowest BCUT2D eigenvalue weighted by Crippen LogP contribution is -2.40. The summed E-state index contributed by atoms with van der Waals surface area (Å²) < 4.78 is 40.8. The van der Waals surface area contributed by atoms with Crippen molar-refractivity contribution in [2.75, 3.05) is 6.54 Å². The predicted molar refractivity (Wildman–Crippen MR) is 142 cm³/mol. The zero-order valence-corrected chi connectivity index (χ0v) is 21.3. The third kappa shape index (κ3) is 5.43. The van der Waals surface area contributed by atoms with E-state index in [1.54, 1.807) is 0 Å². The van der Waals surface area contributed by atoms with Crippen molar-refractivity contribution in [3.05, 3.63) is 135 Å². The molecule has 196 valence electrons. The highest BCUT2D eigenvalue weighted by Gasteiger charge is 2.31. The van der Waals surface area contributed by atoms with Crippen LogP contribution in [-0.4, -0.2) is 21.0 Å². The molecule has 0 unspecified atom stereocenters. The molecular formula is C31H30F3N3O. The quantitative estimate of drug-likeness (QED) is 0.284. The van der Waals surface area contributed by atoms with Crippen LogP contribution in [0.25, 0.3) is 0 Å². The first kappa shape index (κ1) is 25.9. The van der Waals surface area contributed by atoms with Crippen LogP contribution >= 0.6 is 0 Å². The van der Waals surface area contributed by atoms with Gasteiger partial charge in [-0.2, -0.15) is 13.2 Å². The lowest BCUT2D eigenvalue weighted by Gasteiger charge is -2.31. The van der Waals surface area contributed by atoms with Crippen molar-refractivity contribution < 1.29 is 13.2 Å². The molecule has 1 aliphatic rings. The van der Waals surface area contributed by atoms with Crippen molar-refractivity contribution in [2.45, 2.75) is 51.5 Å². The zero-order chi connectivity index (χ0) is 26.7. The van der Waals surface area contributed by atoms with E-state index in [4.69, 9.17) is 4.98 Å². The minimum atomic E-state index is -4.36. The van der Waals surface area contributed by atoms with Gasteiger partial charge in [-0.25, -0.2) is 4.98 Å². The largest absolute Gasteiger partial charge is 0.416 e. The third-order valence-corrected chi connectivity index (χ3v) is 7.06. The monoisotopic (exact) mass is 517 g/mol. The van der Waals surface area contributed by atoms with Gasteiger partial charge in [-0.05, 0) is 35.2 Å². The zero-order valence-electron chi connectivity index (χ0n) is 21.3. The molecule has 5 rings (SSSR count). The van der Waals surface area contributed by atoms with Gasteiger partial charge in [0.25, 0.3) is 5.56 Å². The number of rotatable bonds is 7. The molecular weight excluding hydrogens is 487 g/mol. The Morgan fingerprint density at radius 1 is 0.895 bits per heavy atom. The lowest BCUT2D eigenvalue weighted by molar-refractivity contribution is -0.137. The summed E-state index contributed by atoms with van der Waals surface area (Å²) in [5.41, 5.74) is 3.60. The van der Waals surface area contributed by atoms with Crippen molar-refractivity contribution in [3.63, 3.8) is 0 Å². The van der Waals surface area contributed by atoms with Crippen LogP contribution < -0.4 is 5.56 Å². The summed E-state index contributed by atoms with van der Waals surface area (Å²) in [6, 6.07) is 24.9. The Hall–Kier alpha value is -3.71. The van der Waals surface area contributed by atoms with E-state index < -0.39 is 11.7 Å². The van der Waals surface area contributed by atoms with E-state index in [2.05, 4.69) is 11.8 Å². The molecule has 0 radical (unpaired) electrons. The molecule has 0 saturated carbocycles. The van der Waals surface area contributed by atoms with Gasteiger partial charge < -0.3 is 0 Å². The topological polar surface area (TPSA) is 38.1 Å². The molecule has 0 fully saturated rings. The Labute approximate surface area is 220 Å². The molecule has 2 heterocycles. The van der Waals surface area contributed by atoms with Gasteiger partial charge in [0, 0.05) is 32.5 Å². The van der Waals surface area contributed by atoms with Gasteiger partial charge in [0.1, 0.15) is 5.82 Å². The van der Waals surface area contributed by atoms with Crippen LogP contribution in [0.4, 0.5) is 13.2 Å². The maximum atomic E-state index is 14.2. The number of alkyl halides is 3. The molecule has 7 heteroatoms. The highest BCUT2D eigenvalue weighted by atomic mass is 19.4. The molecule has 38 heavy (non-hydrogen) atoms. The van der Waals surface area contributed by atoms with Crippen molar-refractivity contribution in [3.8, 4) is 0 Å². The standard InChI is InChI=1S/C31H30F3N3O/c1-2-9-28-35-27-18-19-36(20-22-14-16-25(17-15-22)31(32,33)34)21-26(27)30(38)37(28)29(23-10-5-3-6-11-23)24-12-7-4-8-13-24/h3-8,10-17,29H,2,9,18-21H2,1H3. The average Bonchev–Trinajstić information content (AvgIpc) is 2.92. The number of benzene rings is 3. The molecule has 0 atom stereocenters. The van der Waals surface area contributed by atoms with E-state index in [0.717, 1.165) is 46.8 Å². The van der Waals surface area contributed by atoms with E-state index in [0.29, 0.717) is 38.0 Å². The van der Waals surface area contributed by atoms with Crippen LogP contribution in [0.15, 0.2) is 89.7 Å². The second kappa shape index (κ2) is 11.0. The molecule has 0 spiro atoms. The smallest absolute Gasteiger partial charge is 0.294 e. The van der Waals surface area contributed by atoms with Crippen LogP contribution in [0.2, 0.25) is 0 Å². The summed E-state index contributed by atoms with van der Waals surface area (Å²) in [4.78, 5) is 21.4. The Morgan fingerprint density at radius 2 is 1.50 bits per heavy atom. The first-order valence-corrected chi connectivity index (χ1v) is 13.0. The van der Waals surface area contributed by atoms with Crippen molar-refractivity contribution in [2.24, 2.45) is 0 Å². The van der Waals surface area contributed by atoms with Gasteiger partial charge in [0.05, 0.1) is 22.9 Å². The normalized spacial score (nSPS) is 14.0. The maximum absolute atomic E-state index is 14.2. The number of fused-ring (bicyclic) bond motifs is 1. The summed E-state index contributed by atoms with van der Waals surface area (Å²) in [7, 11) is 0. The highest BCUT2D eigenvalue weighted by Crippen LogP contribution is 2.30. The average molecular weight is 518 g/mol. The molecule has 4 nitrogen and oxygen atoms in total. The van der Waals surface area contributed by atoms with Gasteiger partial charge in [-0.15, -0.1) is 0 Å². The molecule has 3 aromatic carbocycles. The summed E-state index contributed by atoms with van der Waals surface area (Å²) in [5.74, 6) is 0.783. The van der Waals surface area contributed by atoms with Crippen LogP contribution in [0.1, 0.15) is 58.7 Å². The summed E-state index contributed by atoms with van der Waals surface area (Å²) in [5, 5.41) is 0. The maximum Gasteiger partial charge on any atom is 0.416 e. The molecule has 4 aromatic rings. The Kier molecular flexibility index (Phi) is 7.47. The highest BCUT2D eigenvalue weighted by molar-refractivity contribution is 5.35. The second-order valence-electron chi connectivity index (χ2n) is 9.76. The molecule has 0 aliphatic carbocycles. The van der Waals surface area contributed by atoms with Gasteiger partial charge in [-0.1, -0.05) is 79.7 Å². The molecule has 0 N–H and O–H groups in total. The molecule has 0 bridgehead atoms. The van der Waals surface area contributed by atoms with Gasteiger partial charge >= 0.3 is 6.18 Å². The van der Waals surface area contributed by atoms with E-state index in [9.17, 15) is 18.0 Å². The van der Waals surface area contributed by atoms with Gasteiger partial charge in [0.15, 0.2) is 0 Å². The molecule has 0 saturated heterocycles. The Balaban J connectivity index is 1.53. The van der Waals surface area contributed by atoms with E-state index in [1.807, 2.05) is 65.2 Å². The minimum absolute atomic E-state index is 0.0479. The predicted octanol–water partition coefficient (Wildman–Crippen LogP) is 6.41. The van der Waals surface area contributed by atoms with Crippen molar-refractivity contribution in [1.29, 1.82) is 0 Å². The van der Waals surface area contributed by atoms with Crippen molar-refractivity contribution in [1.82, 2.24) is 14.5 Å². The fourth-order valence-corrected chi connectivity index (χ4v) is 5.22. The number of halogens is 3. The number of aryl methyl sites for hydroxylation is 1. The van der Waals surface area contributed by atoms with Crippen molar-refractivity contribution >= 4 is 0 Å². The van der Waals surface area contributed by atoms with Gasteiger partial charge in [0.2, 0.25) is 0 Å².